The maximum absolute atomic E-state index is 12.2. The Morgan fingerprint density at radius 2 is 1.84 bits per heavy atom. The van der Waals surface area contributed by atoms with Crippen LogP contribution in [0.15, 0.2) is 35.0 Å². The number of aromatic nitrogens is 1. The fourth-order valence-corrected chi connectivity index (χ4v) is 1.72. The van der Waals surface area contributed by atoms with Crippen molar-refractivity contribution in [2.24, 2.45) is 0 Å². The predicted octanol–water partition coefficient (Wildman–Crippen LogP) is 3.18. The molecule has 2 rings (SSSR count). The van der Waals surface area contributed by atoms with Crippen molar-refractivity contribution < 1.29 is 9.32 Å². The molecule has 0 aliphatic carbocycles. The lowest BCUT2D eigenvalue weighted by molar-refractivity contribution is 0.0920. The van der Waals surface area contributed by atoms with Gasteiger partial charge in [0.15, 0.2) is 5.76 Å². The van der Waals surface area contributed by atoms with Crippen LogP contribution in [0.1, 0.15) is 36.7 Å². The Morgan fingerprint density at radius 1 is 1.21 bits per heavy atom. The lowest BCUT2D eigenvalue weighted by Crippen LogP contribution is -2.40. The first kappa shape index (κ1) is 13.3. The van der Waals surface area contributed by atoms with E-state index >= 15 is 0 Å². The van der Waals surface area contributed by atoms with Crippen molar-refractivity contribution in [3.05, 3.63) is 41.6 Å². The molecule has 0 saturated heterocycles. The fraction of sp³-hybridized carbons (Fsp3) is 0.333. The summed E-state index contributed by atoms with van der Waals surface area (Å²) in [6.07, 6.45) is 1.45. The average molecular weight is 258 g/mol. The molecular weight excluding hydrogens is 240 g/mol. The third-order valence-electron chi connectivity index (χ3n) is 2.62. The van der Waals surface area contributed by atoms with E-state index in [1.807, 2.05) is 52.0 Å². The predicted molar refractivity (Wildman–Crippen MR) is 73.9 cm³/mol. The van der Waals surface area contributed by atoms with Gasteiger partial charge in [-0.15, -0.1) is 0 Å². The van der Waals surface area contributed by atoms with Crippen molar-refractivity contribution in [3.8, 4) is 11.3 Å². The molecule has 1 amide bonds. The number of hydrogen-bond donors (Lipinski definition) is 1. The molecule has 1 aromatic carbocycles. The summed E-state index contributed by atoms with van der Waals surface area (Å²) in [5.74, 6) is 0.325. The van der Waals surface area contributed by atoms with Crippen LogP contribution in [0.25, 0.3) is 11.3 Å². The number of rotatable bonds is 2. The lowest BCUT2D eigenvalue weighted by Gasteiger charge is -2.20. The highest BCUT2D eigenvalue weighted by molar-refractivity contribution is 5.99. The third-order valence-corrected chi connectivity index (χ3v) is 2.62. The van der Waals surface area contributed by atoms with Crippen LogP contribution in [0.4, 0.5) is 0 Å². The van der Waals surface area contributed by atoms with Crippen LogP contribution >= 0.6 is 0 Å². The molecule has 2 aromatic rings. The highest BCUT2D eigenvalue weighted by Crippen LogP contribution is 2.24. The summed E-state index contributed by atoms with van der Waals surface area (Å²) in [4.78, 5) is 12.2. The monoisotopic (exact) mass is 258 g/mol. The number of amides is 1. The zero-order valence-corrected chi connectivity index (χ0v) is 11.7. The Hall–Kier alpha value is -2.10. The van der Waals surface area contributed by atoms with Crippen LogP contribution in [0.2, 0.25) is 0 Å². The summed E-state index contributed by atoms with van der Waals surface area (Å²) in [7, 11) is 0. The van der Waals surface area contributed by atoms with E-state index in [4.69, 9.17) is 4.52 Å². The van der Waals surface area contributed by atoms with E-state index < -0.39 is 0 Å². The number of nitrogens with zero attached hydrogens (tertiary/aromatic N) is 1. The topological polar surface area (TPSA) is 55.1 Å². The van der Waals surface area contributed by atoms with Gasteiger partial charge in [-0.05, 0) is 27.7 Å². The van der Waals surface area contributed by atoms with Gasteiger partial charge >= 0.3 is 0 Å². The summed E-state index contributed by atoms with van der Waals surface area (Å²) in [5.41, 5.74) is 2.17. The first-order chi connectivity index (χ1) is 8.87. The molecule has 1 heterocycles. The standard InChI is InChI=1S/C15H18N2O2/c1-10-5-7-11(8-6-10)13-12(9-16-19-13)14(18)17-15(2,3)4/h5-9H,1-4H3,(H,17,18). The Labute approximate surface area is 112 Å². The number of aryl methyl sites for hydroxylation is 1. The Kier molecular flexibility index (Phi) is 3.42. The molecule has 0 atom stereocenters. The molecule has 0 radical (unpaired) electrons. The molecule has 0 aliphatic rings. The smallest absolute Gasteiger partial charge is 0.257 e. The van der Waals surface area contributed by atoms with Gasteiger partial charge in [-0.1, -0.05) is 35.0 Å². The summed E-state index contributed by atoms with van der Waals surface area (Å²) in [5, 5.41) is 6.64. The minimum atomic E-state index is -0.293. The molecule has 0 saturated carbocycles. The van der Waals surface area contributed by atoms with Crippen molar-refractivity contribution in [2.45, 2.75) is 33.2 Å². The van der Waals surface area contributed by atoms with Crippen LogP contribution in [0.3, 0.4) is 0 Å². The molecule has 1 aromatic heterocycles. The zero-order valence-electron chi connectivity index (χ0n) is 11.7. The molecule has 1 N–H and O–H groups in total. The Bertz CT molecular complexity index is 577. The van der Waals surface area contributed by atoms with Crippen molar-refractivity contribution in [2.75, 3.05) is 0 Å². The first-order valence-corrected chi connectivity index (χ1v) is 6.21. The zero-order chi connectivity index (χ0) is 14.0. The van der Waals surface area contributed by atoms with Crippen LogP contribution in [-0.4, -0.2) is 16.6 Å². The summed E-state index contributed by atoms with van der Waals surface area (Å²) in [6, 6.07) is 7.79. The summed E-state index contributed by atoms with van der Waals surface area (Å²) >= 11 is 0. The van der Waals surface area contributed by atoms with Gasteiger partial charge in [0.25, 0.3) is 5.91 Å². The molecule has 0 bridgehead atoms. The van der Waals surface area contributed by atoms with Crippen molar-refractivity contribution in [3.63, 3.8) is 0 Å². The van der Waals surface area contributed by atoms with Crippen molar-refractivity contribution in [1.29, 1.82) is 0 Å². The highest BCUT2D eigenvalue weighted by atomic mass is 16.5. The number of carbonyl (C=O) groups is 1. The Morgan fingerprint density at radius 3 is 2.42 bits per heavy atom. The number of benzene rings is 1. The van der Waals surface area contributed by atoms with E-state index in [2.05, 4.69) is 10.5 Å². The van der Waals surface area contributed by atoms with E-state index in [1.165, 1.54) is 6.20 Å². The molecule has 0 aliphatic heterocycles. The van der Waals surface area contributed by atoms with Gasteiger partial charge in [-0.25, -0.2) is 0 Å². The fourth-order valence-electron chi connectivity index (χ4n) is 1.72. The van der Waals surface area contributed by atoms with Gasteiger partial charge in [-0.3, -0.25) is 4.79 Å². The van der Waals surface area contributed by atoms with Gasteiger partial charge in [0.05, 0.1) is 6.20 Å². The van der Waals surface area contributed by atoms with Crippen molar-refractivity contribution in [1.82, 2.24) is 10.5 Å². The number of carbonyl (C=O) groups excluding carboxylic acids is 1. The molecule has 4 nitrogen and oxygen atoms in total. The normalized spacial score (nSPS) is 11.4. The molecule has 19 heavy (non-hydrogen) atoms. The molecule has 100 valence electrons. The number of hydrogen-bond acceptors (Lipinski definition) is 3. The van der Waals surface area contributed by atoms with Crippen LogP contribution < -0.4 is 5.32 Å². The lowest BCUT2D eigenvalue weighted by atomic mass is 10.0. The van der Waals surface area contributed by atoms with Crippen LogP contribution in [-0.2, 0) is 0 Å². The van der Waals surface area contributed by atoms with E-state index in [9.17, 15) is 4.79 Å². The largest absolute Gasteiger partial charge is 0.355 e. The van der Waals surface area contributed by atoms with E-state index in [1.54, 1.807) is 0 Å². The molecular formula is C15H18N2O2. The van der Waals surface area contributed by atoms with Gasteiger partial charge in [-0.2, -0.15) is 0 Å². The minimum Gasteiger partial charge on any atom is -0.355 e. The molecule has 4 heteroatoms. The second-order valence-corrected chi connectivity index (χ2v) is 5.64. The molecule has 0 fully saturated rings. The van der Waals surface area contributed by atoms with Crippen molar-refractivity contribution >= 4 is 5.91 Å². The quantitative estimate of drug-likeness (QED) is 0.900. The molecule has 0 spiro atoms. The van der Waals surface area contributed by atoms with Crippen LogP contribution in [0.5, 0.6) is 0 Å². The van der Waals surface area contributed by atoms with Gasteiger partial charge in [0, 0.05) is 11.1 Å². The van der Waals surface area contributed by atoms with Crippen LogP contribution in [0, 0.1) is 6.92 Å². The van der Waals surface area contributed by atoms with E-state index in [0.717, 1.165) is 11.1 Å². The SMILES string of the molecule is Cc1ccc(-c2oncc2C(=O)NC(C)(C)C)cc1. The second-order valence-electron chi connectivity index (χ2n) is 5.64. The van der Waals surface area contributed by atoms with Gasteiger partial charge < -0.3 is 9.84 Å². The Balaban J connectivity index is 2.32. The third kappa shape index (κ3) is 3.22. The maximum atomic E-state index is 12.2. The number of nitrogens with one attached hydrogen (secondary N) is 1. The van der Waals surface area contributed by atoms with E-state index in [0.29, 0.717) is 11.3 Å². The van der Waals surface area contributed by atoms with Gasteiger partial charge in [0.2, 0.25) is 0 Å². The summed E-state index contributed by atoms with van der Waals surface area (Å²) in [6.45, 7) is 7.81. The molecule has 0 unspecified atom stereocenters. The highest BCUT2D eigenvalue weighted by Gasteiger charge is 2.21. The van der Waals surface area contributed by atoms with E-state index in [-0.39, 0.29) is 11.4 Å². The average Bonchev–Trinajstić information content (AvgIpc) is 2.76. The van der Waals surface area contributed by atoms with Gasteiger partial charge in [0.1, 0.15) is 5.56 Å². The minimum absolute atomic E-state index is 0.177. The summed E-state index contributed by atoms with van der Waals surface area (Å²) < 4.78 is 5.22. The maximum Gasteiger partial charge on any atom is 0.257 e. The second kappa shape index (κ2) is 4.88. The first-order valence-electron chi connectivity index (χ1n) is 6.21.